The van der Waals surface area contributed by atoms with Gasteiger partial charge in [0.2, 0.25) is 10.0 Å². The second-order valence-electron chi connectivity index (χ2n) is 5.42. The van der Waals surface area contributed by atoms with Gasteiger partial charge in [-0.25, -0.2) is 13.4 Å². The zero-order valence-corrected chi connectivity index (χ0v) is 13.4. The zero-order valence-electron chi connectivity index (χ0n) is 12.6. The van der Waals surface area contributed by atoms with Gasteiger partial charge < -0.3 is 9.72 Å². The number of aromatic amines is 1. The highest BCUT2D eigenvalue weighted by atomic mass is 32.2. The van der Waals surface area contributed by atoms with Crippen LogP contribution in [-0.4, -0.2) is 42.4 Å². The van der Waals surface area contributed by atoms with Crippen molar-refractivity contribution in [3.8, 4) is 0 Å². The van der Waals surface area contributed by atoms with Gasteiger partial charge in [0, 0.05) is 18.4 Å². The van der Waals surface area contributed by atoms with Gasteiger partial charge in [0.25, 0.3) is 0 Å². The molecule has 0 saturated carbocycles. The Bertz CT molecular complexity index is 770. The number of hydrogen-bond acceptors (Lipinski definition) is 4. The molecule has 1 atom stereocenters. The first-order valence-electron chi connectivity index (χ1n) is 7.17. The van der Waals surface area contributed by atoms with Crippen LogP contribution in [0.25, 0.3) is 0 Å². The van der Waals surface area contributed by atoms with Crippen LogP contribution in [0.3, 0.4) is 0 Å². The molecule has 0 amide bonds. The first-order valence-corrected chi connectivity index (χ1v) is 8.61. The molecule has 1 aliphatic heterocycles. The van der Waals surface area contributed by atoms with Crippen molar-refractivity contribution in [3.63, 3.8) is 0 Å². The molecule has 1 aliphatic rings. The second kappa shape index (κ2) is 5.83. The van der Waals surface area contributed by atoms with Crippen molar-refractivity contribution in [2.45, 2.75) is 24.8 Å². The Labute approximate surface area is 130 Å². The molecule has 0 spiro atoms. The molecule has 1 aromatic carbocycles. The molecule has 1 N–H and O–H groups in total. The van der Waals surface area contributed by atoms with Gasteiger partial charge >= 0.3 is 0 Å². The van der Waals surface area contributed by atoms with Gasteiger partial charge in [-0.05, 0) is 25.5 Å². The van der Waals surface area contributed by atoms with Gasteiger partial charge in [-0.3, -0.25) is 0 Å². The van der Waals surface area contributed by atoms with Gasteiger partial charge in [-0.2, -0.15) is 4.31 Å². The van der Waals surface area contributed by atoms with Crippen molar-refractivity contribution < 1.29 is 13.2 Å². The average Bonchev–Trinajstić information content (AvgIpc) is 2.94. The Balaban J connectivity index is 2.02. The third-order valence-corrected chi connectivity index (χ3v) is 5.87. The summed E-state index contributed by atoms with van der Waals surface area (Å²) in [6.45, 7) is 4.71. The van der Waals surface area contributed by atoms with E-state index >= 15 is 0 Å². The van der Waals surface area contributed by atoms with Crippen molar-refractivity contribution in [1.29, 1.82) is 0 Å². The molecule has 2 heterocycles. The fraction of sp³-hybridized carbons (Fsp3) is 0.400. The molecule has 7 heteroatoms. The molecule has 22 heavy (non-hydrogen) atoms. The normalized spacial score (nSPS) is 20.2. The van der Waals surface area contributed by atoms with Crippen molar-refractivity contribution in [2.75, 3.05) is 19.8 Å². The molecular formula is C15H19N3O3S. The number of morpholine rings is 1. The number of ether oxygens (including phenoxy) is 1. The molecule has 0 radical (unpaired) electrons. The maximum absolute atomic E-state index is 13.0. The molecule has 6 nitrogen and oxygen atoms in total. The molecule has 0 bridgehead atoms. The van der Waals surface area contributed by atoms with Crippen LogP contribution in [-0.2, 0) is 14.8 Å². The molecule has 2 aromatic rings. The lowest BCUT2D eigenvalue weighted by molar-refractivity contribution is 0.0292. The van der Waals surface area contributed by atoms with Crippen molar-refractivity contribution in [3.05, 3.63) is 47.5 Å². The van der Waals surface area contributed by atoms with Gasteiger partial charge in [-0.1, -0.05) is 18.2 Å². The standard InChI is InChI=1S/C15H19N3O3S/c1-11-5-3-4-6-14(11)22(19,20)18-7-8-21-10-13(18)15-16-9-12(2)17-15/h3-6,9,13H,7-8,10H2,1-2H3,(H,16,17)/t13-/m0/s1. The molecule has 3 rings (SSSR count). The number of nitrogens with one attached hydrogen (secondary N) is 1. The highest BCUT2D eigenvalue weighted by Gasteiger charge is 2.37. The summed E-state index contributed by atoms with van der Waals surface area (Å²) in [6, 6.07) is 6.60. The minimum Gasteiger partial charge on any atom is -0.378 e. The van der Waals surface area contributed by atoms with E-state index in [0.29, 0.717) is 30.5 Å². The molecule has 0 aliphatic carbocycles. The van der Waals surface area contributed by atoms with Crippen LogP contribution in [0.2, 0.25) is 0 Å². The van der Waals surface area contributed by atoms with E-state index in [9.17, 15) is 8.42 Å². The predicted molar refractivity (Wildman–Crippen MR) is 82.0 cm³/mol. The Morgan fingerprint density at radius 1 is 1.32 bits per heavy atom. The number of rotatable bonds is 3. The van der Waals surface area contributed by atoms with Crippen molar-refractivity contribution >= 4 is 10.0 Å². The number of H-pyrrole nitrogens is 1. The summed E-state index contributed by atoms with van der Waals surface area (Å²) in [7, 11) is -3.59. The summed E-state index contributed by atoms with van der Waals surface area (Å²) in [5.41, 5.74) is 1.64. The smallest absolute Gasteiger partial charge is 0.244 e. The minimum atomic E-state index is -3.59. The number of aromatic nitrogens is 2. The predicted octanol–water partition coefficient (Wildman–Crippen LogP) is 1.79. The SMILES string of the molecule is Cc1cnc([C@@H]2COCCN2S(=O)(=O)c2ccccc2C)[nH]1. The molecule has 1 aromatic heterocycles. The molecule has 0 unspecified atom stereocenters. The van der Waals surface area contributed by atoms with Gasteiger partial charge in [0.05, 0.1) is 18.1 Å². The number of sulfonamides is 1. The summed E-state index contributed by atoms with van der Waals surface area (Å²) >= 11 is 0. The highest BCUT2D eigenvalue weighted by Crippen LogP contribution is 2.30. The summed E-state index contributed by atoms with van der Waals surface area (Å²) < 4.78 is 33.0. The summed E-state index contributed by atoms with van der Waals surface area (Å²) in [6.07, 6.45) is 1.70. The maximum atomic E-state index is 13.0. The number of hydrogen-bond donors (Lipinski definition) is 1. The Morgan fingerprint density at radius 3 is 2.77 bits per heavy atom. The second-order valence-corrected chi connectivity index (χ2v) is 7.28. The lowest BCUT2D eigenvalue weighted by atomic mass is 10.2. The molecular weight excluding hydrogens is 302 g/mol. The van der Waals surface area contributed by atoms with Crippen molar-refractivity contribution in [2.24, 2.45) is 0 Å². The topological polar surface area (TPSA) is 75.3 Å². The number of nitrogens with zero attached hydrogens (tertiary/aromatic N) is 2. The Kier molecular flexibility index (Phi) is 4.03. The number of aryl methyl sites for hydroxylation is 2. The summed E-state index contributed by atoms with van der Waals surface area (Å²) in [5, 5.41) is 0. The first kappa shape index (κ1) is 15.2. The fourth-order valence-electron chi connectivity index (χ4n) is 2.67. The third kappa shape index (κ3) is 2.67. The van der Waals surface area contributed by atoms with E-state index < -0.39 is 16.1 Å². The summed E-state index contributed by atoms with van der Waals surface area (Å²) in [4.78, 5) is 7.73. The maximum Gasteiger partial charge on any atom is 0.244 e. The average molecular weight is 321 g/mol. The monoisotopic (exact) mass is 321 g/mol. The van der Waals surface area contributed by atoms with Crippen molar-refractivity contribution in [1.82, 2.24) is 14.3 Å². The Hall–Kier alpha value is -1.70. The van der Waals surface area contributed by atoms with E-state index in [2.05, 4.69) is 9.97 Å². The minimum absolute atomic E-state index is 0.304. The lowest BCUT2D eigenvalue weighted by Crippen LogP contribution is -2.43. The summed E-state index contributed by atoms with van der Waals surface area (Å²) in [5.74, 6) is 0.620. The highest BCUT2D eigenvalue weighted by molar-refractivity contribution is 7.89. The van der Waals surface area contributed by atoms with Gasteiger partial charge in [0.1, 0.15) is 11.9 Å². The van der Waals surface area contributed by atoms with E-state index in [0.717, 1.165) is 11.3 Å². The fourth-order valence-corrected chi connectivity index (χ4v) is 4.45. The van der Waals surface area contributed by atoms with Crippen LogP contribution in [0.4, 0.5) is 0 Å². The number of benzene rings is 1. The number of imidazole rings is 1. The third-order valence-electron chi connectivity index (χ3n) is 3.80. The van der Waals surface area contributed by atoms with E-state index in [1.54, 1.807) is 31.3 Å². The lowest BCUT2D eigenvalue weighted by Gasteiger charge is -2.33. The Morgan fingerprint density at radius 2 is 2.09 bits per heavy atom. The van der Waals surface area contributed by atoms with Crippen LogP contribution < -0.4 is 0 Å². The largest absolute Gasteiger partial charge is 0.378 e. The van der Waals surface area contributed by atoms with E-state index in [1.165, 1.54) is 4.31 Å². The molecule has 118 valence electrons. The van der Waals surface area contributed by atoms with E-state index in [-0.39, 0.29) is 0 Å². The van der Waals surface area contributed by atoms with Gasteiger partial charge in [-0.15, -0.1) is 0 Å². The quantitative estimate of drug-likeness (QED) is 0.935. The molecule has 1 fully saturated rings. The van der Waals surface area contributed by atoms with Crippen LogP contribution >= 0.6 is 0 Å². The molecule has 1 saturated heterocycles. The van der Waals surface area contributed by atoms with E-state index in [4.69, 9.17) is 4.74 Å². The van der Waals surface area contributed by atoms with Crippen LogP contribution in [0.1, 0.15) is 23.1 Å². The first-order chi connectivity index (χ1) is 10.5. The van der Waals surface area contributed by atoms with Crippen LogP contribution in [0.5, 0.6) is 0 Å². The van der Waals surface area contributed by atoms with Crippen LogP contribution in [0, 0.1) is 13.8 Å². The van der Waals surface area contributed by atoms with Gasteiger partial charge in [0.15, 0.2) is 0 Å². The van der Waals surface area contributed by atoms with E-state index in [1.807, 2.05) is 13.0 Å². The zero-order chi connectivity index (χ0) is 15.7. The van der Waals surface area contributed by atoms with Crippen LogP contribution in [0.15, 0.2) is 35.4 Å².